The summed E-state index contributed by atoms with van der Waals surface area (Å²) in [5.41, 5.74) is 0. The zero-order valence-corrected chi connectivity index (χ0v) is 8.04. The Kier molecular flexibility index (Phi) is 36.3. The molecule has 0 saturated carbocycles. The van der Waals surface area contributed by atoms with Crippen LogP contribution >= 0.6 is 0 Å². The number of hydrogen-bond acceptors (Lipinski definition) is 6. The first-order valence-corrected chi connectivity index (χ1v) is 1.10. The normalized spacial score (nSPS) is 4.80. The molecule has 0 amide bonds. The summed E-state index contributed by atoms with van der Waals surface area (Å²) in [5.74, 6) is 0. The molecule has 10 heteroatoms. The van der Waals surface area contributed by atoms with Gasteiger partial charge in [-0.15, -0.1) is 0 Å². The monoisotopic (exact) mass is 271 g/mol. The third kappa shape index (κ3) is 2870. The molecule has 0 unspecified atom stereocenters. The fourth-order valence-corrected chi connectivity index (χ4v) is 0. The molecule has 58 valence electrons. The molecule has 0 saturated heterocycles. The third-order valence-corrected chi connectivity index (χ3v) is 0. The number of rotatable bonds is 0. The van der Waals surface area contributed by atoms with Crippen LogP contribution in [-0.4, -0.2) is 47.9 Å². The fraction of sp³-hybridized carbons (Fsp3) is 0. The van der Waals surface area contributed by atoms with Crippen molar-refractivity contribution in [3.05, 3.63) is 30.6 Å². The van der Waals surface area contributed by atoms with E-state index in [4.69, 9.17) is 30.6 Å². The average Bonchev–Trinajstić information content (AvgIpc) is 1.25. The van der Waals surface area contributed by atoms with Crippen LogP contribution in [0.2, 0.25) is 0 Å². The van der Waals surface area contributed by atoms with Crippen molar-refractivity contribution >= 4 is 37.7 Å². The molecule has 0 aromatic rings. The SMILES string of the molecule is O=[N+]([O-])[O-].O=[N+]([O-])[O-].[Ag+].[Ca+2]. The predicted molar refractivity (Wildman–Crippen MR) is 26.5 cm³/mol. The van der Waals surface area contributed by atoms with Crippen molar-refractivity contribution < 1.29 is 32.6 Å². The molecule has 0 bridgehead atoms. The van der Waals surface area contributed by atoms with E-state index in [2.05, 4.69) is 0 Å². The minimum Gasteiger partial charge on any atom is -0.356 e. The van der Waals surface area contributed by atoms with Gasteiger partial charge in [-0.2, -0.15) is 0 Å². The molecule has 0 aliphatic carbocycles. The Bertz CT molecular complexity index is 73.7. The van der Waals surface area contributed by atoms with E-state index in [1.165, 1.54) is 0 Å². The molecular formula is AgCaN2O6+. The first kappa shape index (κ1) is 22.4. The molecule has 0 atom stereocenters. The topological polar surface area (TPSA) is 132 Å². The van der Waals surface area contributed by atoms with Crippen molar-refractivity contribution in [1.82, 2.24) is 0 Å². The summed E-state index contributed by atoms with van der Waals surface area (Å²) < 4.78 is 0. The Labute approximate surface area is 99.9 Å². The average molecular weight is 272 g/mol. The second-order valence-electron chi connectivity index (χ2n) is 0.447. The molecule has 0 heterocycles. The molecule has 0 aromatic carbocycles. The molecule has 10 heavy (non-hydrogen) atoms. The van der Waals surface area contributed by atoms with Gasteiger partial charge in [0.1, 0.15) is 0 Å². The van der Waals surface area contributed by atoms with Gasteiger partial charge in [0.15, 0.2) is 0 Å². The van der Waals surface area contributed by atoms with Crippen LogP contribution in [0.15, 0.2) is 0 Å². The minimum absolute atomic E-state index is 0. The van der Waals surface area contributed by atoms with Gasteiger partial charge in [-0.1, -0.05) is 0 Å². The third-order valence-electron chi connectivity index (χ3n) is 0. The Balaban J connectivity index is -0.0000000300. The second kappa shape index (κ2) is 16.2. The van der Waals surface area contributed by atoms with E-state index in [1.54, 1.807) is 0 Å². The van der Waals surface area contributed by atoms with Crippen molar-refractivity contribution in [3.8, 4) is 0 Å². The van der Waals surface area contributed by atoms with Crippen LogP contribution in [-0.2, 0) is 22.4 Å². The van der Waals surface area contributed by atoms with Gasteiger partial charge in [0, 0.05) is 0 Å². The van der Waals surface area contributed by atoms with Crippen LogP contribution in [0.5, 0.6) is 0 Å². The van der Waals surface area contributed by atoms with Crippen LogP contribution in [0.3, 0.4) is 0 Å². The maximum atomic E-state index is 8.25. The van der Waals surface area contributed by atoms with E-state index in [1.807, 2.05) is 0 Å². The summed E-state index contributed by atoms with van der Waals surface area (Å²) in [6.45, 7) is 0. The molecule has 8 nitrogen and oxygen atoms in total. The van der Waals surface area contributed by atoms with E-state index in [0.29, 0.717) is 0 Å². The number of hydrogen-bond donors (Lipinski definition) is 0. The summed E-state index contributed by atoms with van der Waals surface area (Å²) in [4.78, 5) is 16.5. The van der Waals surface area contributed by atoms with Gasteiger partial charge >= 0.3 is 60.1 Å². The molecule has 0 aliphatic heterocycles. The smallest absolute Gasteiger partial charge is 0.356 e. The minimum atomic E-state index is -1.75. The second-order valence-corrected chi connectivity index (χ2v) is 0.447. The van der Waals surface area contributed by atoms with Gasteiger partial charge in [0.2, 0.25) is 0 Å². The predicted octanol–water partition coefficient (Wildman–Crippen LogP) is -0.862. The zero-order valence-electron chi connectivity index (χ0n) is 4.35. The molecule has 0 radical (unpaired) electrons. The van der Waals surface area contributed by atoms with Gasteiger partial charge in [-0.3, -0.25) is 0 Å². The van der Waals surface area contributed by atoms with Crippen LogP contribution in [0.4, 0.5) is 0 Å². The van der Waals surface area contributed by atoms with Crippen molar-refractivity contribution in [1.29, 1.82) is 0 Å². The van der Waals surface area contributed by atoms with Crippen molar-refractivity contribution in [2.24, 2.45) is 0 Å². The maximum Gasteiger partial charge on any atom is 2.00 e. The van der Waals surface area contributed by atoms with Crippen LogP contribution in [0.25, 0.3) is 0 Å². The standard InChI is InChI=1S/Ag.Ca.2NO3/c;;2*2-1(3)4/q+1;+2;2*-1. The Morgan fingerprint density at radius 3 is 0.800 bits per heavy atom. The van der Waals surface area contributed by atoms with Crippen LogP contribution in [0, 0.1) is 30.6 Å². The van der Waals surface area contributed by atoms with E-state index in [9.17, 15) is 0 Å². The van der Waals surface area contributed by atoms with Gasteiger partial charge < -0.3 is 30.6 Å². The Morgan fingerprint density at radius 2 is 0.800 bits per heavy atom. The van der Waals surface area contributed by atoms with E-state index < -0.39 is 10.2 Å². The molecule has 0 fully saturated rings. The summed E-state index contributed by atoms with van der Waals surface area (Å²) in [6.07, 6.45) is 0. The van der Waals surface area contributed by atoms with E-state index in [0.717, 1.165) is 0 Å². The fourth-order valence-electron chi connectivity index (χ4n) is 0. The maximum absolute atomic E-state index is 8.25. The van der Waals surface area contributed by atoms with Crippen molar-refractivity contribution in [2.45, 2.75) is 0 Å². The van der Waals surface area contributed by atoms with Crippen LogP contribution in [0.1, 0.15) is 0 Å². The molecule has 0 aliphatic rings. The zero-order chi connectivity index (χ0) is 7.15. The first-order valence-electron chi connectivity index (χ1n) is 1.10. The first-order chi connectivity index (χ1) is 3.46. The van der Waals surface area contributed by atoms with E-state index in [-0.39, 0.29) is 60.1 Å². The Morgan fingerprint density at radius 1 is 0.800 bits per heavy atom. The van der Waals surface area contributed by atoms with E-state index >= 15 is 0 Å². The summed E-state index contributed by atoms with van der Waals surface area (Å²) in [5, 5.41) is 29.5. The van der Waals surface area contributed by atoms with Gasteiger partial charge in [-0.25, -0.2) is 0 Å². The molecular weight excluding hydrogens is 272 g/mol. The summed E-state index contributed by atoms with van der Waals surface area (Å²) in [7, 11) is 0. The number of nitrogens with zero attached hydrogens (tertiary/aromatic N) is 2. The molecule has 0 spiro atoms. The van der Waals surface area contributed by atoms with Gasteiger partial charge in [-0.05, 0) is 0 Å². The summed E-state index contributed by atoms with van der Waals surface area (Å²) in [6, 6.07) is 0. The summed E-state index contributed by atoms with van der Waals surface area (Å²) >= 11 is 0. The van der Waals surface area contributed by atoms with Gasteiger partial charge in [0.05, 0.1) is 10.2 Å². The van der Waals surface area contributed by atoms with Gasteiger partial charge in [0.25, 0.3) is 0 Å². The largest absolute Gasteiger partial charge is 2.00 e. The van der Waals surface area contributed by atoms with Crippen molar-refractivity contribution in [2.75, 3.05) is 0 Å². The van der Waals surface area contributed by atoms with Crippen LogP contribution < -0.4 is 0 Å². The molecule has 0 rings (SSSR count). The van der Waals surface area contributed by atoms with Crippen molar-refractivity contribution in [3.63, 3.8) is 0 Å². The molecule has 0 N–H and O–H groups in total. The molecule has 0 aromatic heterocycles. The Hall–Kier alpha value is 0.400. The quantitative estimate of drug-likeness (QED) is 0.320.